The first-order valence-electron chi connectivity index (χ1n) is 20.4. The molecule has 13 heteroatoms. The SMILES string of the molecule is CC1CC2OC3(OC2C(C)(C)O)C1C1(C)CCC24CC25CC[C@H](O[C@@H]2OC[C@@H](O)[C@H](O[C@@H]6OC[C@@H](O)[C@H](O)[C@H]6O)[C@H]2O)C(C)(C)C5CCC4C1(C)C3O. The molecule has 0 aromatic rings. The second-order valence-electron chi connectivity index (χ2n) is 20.6. The van der Waals surface area contributed by atoms with Crippen LogP contribution in [-0.4, -0.2) is 134 Å². The molecule has 0 radical (unpaired) electrons. The molecule has 2 bridgehead atoms. The van der Waals surface area contributed by atoms with E-state index in [0.29, 0.717) is 11.8 Å². The second kappa shape index (κ2) is 11.8. The fourth-order valence-corrected chi connectivity index (χ4v) is 15.2. The van der Waals surface area contributed by atoms with Crippen LogP contribution in [0.5, 0.6) is 0 Å². The summed E-state index contributed by atoms with van der Waals surface area (Å²) >= 11 is 0. The molecule has 9 rings (SSSR count). The Morgan fingerprint density at radius 2 is 1.36 bits per heavy atom. The van der Waals surface area contributed by atoms with Crippen molar-refractivity contribution < 1.29 is 64.2 Å². The van der Waals surface area contributed by atoms with Crippen LogP contribution < -0.4 is 0 Å². The number of hydrogen-bond acceptors (Lipinski definition) is 13. The van der Waals surface area contributed by atoms with Gasteiger partial charge in [-0.25, -0.2) is 0 Å². The topological polar surface area (TPSA) is 197 Å². The smallest absolute Gasteiger partial charge is 0.199 e. The summed E-state index contributed by atoms with van der Waals surface area (Å²) in [5, 5.41) is 76.5. The van der Waals surface area contributed by atoms with Crippen LogP contribution >= 0.6 is 0 Å². The van der Waals surface area contributed by atoms with E-state index in [1.807, 2.05) is 0 Å². The van der Waals surface area contributed by atoms with Crippen LogP contribution in [0, 0.1) is 50.7 Å². The molecule has 9 aliphatic rings. The lowest BCUT2D eigenvalue weighted by molar-refractivity contribution is -0.345. The van der Waals surface area contributed by atoms with E-state index in [4.69, 9.17) is 28.4 Å². The van der Waals surface area contributed by atoms with Crippen LogP contribution in [0.1, 0.15) is 99.8 Å². The molecule has 4 heterocycles. The molecule has 0 aromatic heterocycles. The van der Waals surface area contributed by atoms with E-state index in [9.17, 15) is 35.7 Å². The zero-order valence-corrected chi connectivity index (χ0v) is 32.4. The van der Waals surface area contributed by atoms with Crippen LogP contribution in [0.4, 0.5) is 0 Å². The number of aliphatic hydroxyl groups excluding tert-OH is 6. The molecule has 7 N–H and O–H groups in total. The Balaban J connectivity index is 0.941. The van der Waals surface area contributed by atoms with Crippen molar-refractivity contribution in [2.75, 3.05) is 13.2 Å². The molecule has 9 fully saturated rings. The van der Waals surface area contributed by atoms with Gasteiger partial charge in [-0.2, -0.15) is 0 Å². The molecule has 0 amide bonds. The van der Waals surface area contributed by atoms with Gasteiger partial charge in [-0.15, -0.1) is 0 Å². The minimum Gasteiger partial charge on any atom is -0.388 e. The molecule has 4 aliphatic heterocycles. The highest BCUT2D eigenvalue weighted by atomic mass is 16.8. The fourth-order valence-electron chi connectivity index (χ4n) is 15.2. The number of ether oxygens (including phenoxy) is 6. The molecule has 3 spiro atoms. The normalized spacial score (nSPS) is 61.0. The van der Waals surface area contributed by atoms with Gasteiger partial charge in [0.25, 0.3) is 0 Å². The third-order valence-electron chi connectivity index (χ3n) is 17.6. The first kappa shape index (κ1) is 38.0. The average molecular weight is 753 g/mol. The maximum absolute atomic E-state index is 12.8. The summed E-state index contributed by atoms with van der Waals surface area (Å²) in [5.41, 5.74) is -1.77. The van der Waals surface area contributed by atoms with Crippen LogP contribution in [-0.2, 0) is 28.4 Å². The summed E-state index contributed by atoms with van der Waals surface area (Å²) in [7, 11) is 0. The molecule has 53 heavy (non-hydrogen) atoms. The Morgan fingerprint density at radius 3 is 2.06 bits per heavy atom. The van der Waals surface area contributed by atoms with E-state index >= 15 is 0 Å². The molecule has 5 aliphatic carbocycles. The largest absolute Gasteiger partial charge is 0.388 e. The summed E-state index contributed by atoms with van der Waals surface area (Å²) in [6, 6.07) is 0. The van der Waals surface area contributed by atoms with Gasteiger partial charge in [0.1, 0.15) is 48.8 Å². The zero-order chi connectivity index (χ0) is 38.1. The standard InChI is InChI=1S/C40H64O13/c1-18-14-21-30(35(4,5)47)53-40(52-21)29(18)36(6)12-13-39-17-38(39)11-10-24(34(2,3)22(38)8-9-23(39)37(36,7)33(40)46)50-32-27(45)28(20(42)16-49-32)51-31-26(44)25(43)19(41)15-48-31/h18-33,41-47H,8-17H2,1-7H3/t18?,19-,20-,21?,22?,23?,24+,25+,26-,27-,28+,29?,30?,31+,32+,33?,36?,37?,38?,39?,40?/m1/s1. The minimum absolute atomic E-state index is 0.0294. The van der Waals surface area contributed by atoms with Crippen LogP contribution in [0.3, 0.4) is 0 Å². The molecule has 4 saturated heterocycles. The highest BCUT2D eigenvalue weighted by Gasteiger charge is 2.88. The number of fused-ring (bicyclic) bond motifs is 4. The van der Waals surface area contributed by atoms with Crippen molar-refractivity contribution in [2.24, 2.45) is 50.7 Å². The summed E-state index contributed by atoms with van der Waals surface area (Å²) in [6.45, 7) is 14.7. The Kier molecular flexibility index (Phi) is 8.46. The third-order valence-corrected chi connectivity index (χ3v) is 17.6. The van der Waals surface area contributed by atoms with Gasteiger partial charge in [-0.1, -0.05) is 34.6 Å². The van der Waals surface area contributed by atoms with Crippen molar-refractivity contribution in [3.8, 4) is 0 Å². The number of aliphatic hydroxyl groups is 7. The molecular weight excluding hydrogens is 688 g/mol. The summed E-state index contributed by atoms with van der Waals surface area (Å²) in [5.74, 6) is -0.148. The van der Waals surface area contributed by atoms with Crippen molar-refractivity contribution in [3.05, 3.63) is 0 Å². The predicted molar refractivity (Wildman–Crippen MR) is 185 cm³/mol. The van der Waals surface area contributed by atoms with Crippen molar-refractivity contribution in [1.29, 1.82) is 0 Å². The molecule has 13 nitrogen and oxygen atoms in total. The van der Waals surface area contributed by atoms with Gasteiger partial charge >= 0.3 is 0 Å². The summed E-state index contributed by atoms with van der Waals surface area (Å²) < 4.78 is 37.4. The maximum Gasteiger partial charge on any atom is 0.199 e. The highest BCUT2D eigenvalue weighted by molar-refractivity contribution is 5.34. The van der Waals surface area contributed by atoms with Crippen molar-refractivity contribution in [3.63, 3.8) is 0 Å². The monoisotopic (exact) mass is 752 g/mol. The Labute approximate surface area is 312 Å². The van der Waals surface area contributed by atoms with Gasteiger partial charge in [0.05, 0.1) is 31.0 Å². The van der Waals surface area contributed by atoms with E-state index in [0.717, 1.165) is 51.4 Å². The lowest BCUT2D eigenvalue weighted by Gasteiger charge is -2.63. The van der Waals surface area contributed by atoms with Gasteiger partial charge in [-0.05, 0) is 105 Å². The third kappa shape index (κ3) is 4.72. The zero-order valence-electron chi connectivity index (χ0n) is 32.4. The Hall–Kier alpha value is -0.520. The van der Waals surface area contributed by atoms with Crippen LogP contribution in [0.2, 0.25) is 0 Å². The molecule has 21 atom stereocenters. The first-order valence-corrected chi connectivity index (χ1v) is 20.4. The highest BCUT2D eigenvalue weighted by Crippen LogP contribution is 2.90. The fraction of sp³-hybridized carbons (Fsp3) is 1.00. The number of hydrogen-bond donors (Lipinski definition) is 7. The maximum atomic E-state index is 12.8. The van der Waals surface area contributed by atoms with E-state index in [-0.39, 0.29) is 58.9 Å². The van der Waals surface area contributed by atoms with Gasteiger partial charge < -0.3 is 64.2 Å². The van der Waals surface area contributed by atoms with E-state index in [1.165, 1.54) is 0 Å². The Morgan fingerprint density at radius 1 is 0.717 bits per heavy atom. The average Bonchev–Trinajstić information content (AvgIpc) is 3.60. The van der Waals surface area contributed by atoms with Crippen molar-refractivity contribution in [1.82, 2.24) is 0 Å². The Bertz CT molecular complexity index is 1460. The van der Waals surface area contributed by atoms with Crippen molar-refractivity contribution >= 4 is 0 Å². The number of rotatable bonds is 5. The van der Waals surface area contributed by atoms with E-state index in [2.05, 4.69) is 34.6 Å². The summed E-state index contributed by atoms with van der Waals surface area (Å²) in [4.78, 5) is 0. The van der Waals surface area contributed by atoms with Crippen LogP contribution in [0.25, 0.3) is 0 Å². The second-order valence-corrected chi connectivity index (χ2v) is 20.6. The lowest BCUT2D eigenvalue weighted by atomic mass is 9.41. The van der Waals surface area contributed by atoms with Crippen LogP contribution in [0.15, 0.2) is 0 Å². The summed E-state index contributed by atoms with van der Waals surface area (Å²) in [6.07, 6.45) is -4.62. The van der Waals surface area contributed by atoms with Gasteiger partial charge in [-0.3, -0.25) is 0 Å². The van der Waals surface area contributed by atoms with E-state index in [1.54, 1.807) is 13.8 Å². The predicted octanol–water partition coefficient (Wildman–Crippen LogP) is 1.58. The molecular formula is C40H64O13. The molecule has 5 saturated carbocycles. The molecule has 0 aromatic carbocycles. The quantitative estimate of drug-likeness (QED) is 0.200. The van der Waals surface area contributed by atoms with E-state index < -0.39 is 78.2 Å². The van der Waals surface area contributed by atoms with Gasteiger partial charge in [0.15, 0.2) is 18.4 Å². The first-order chi connectivity index (χ1) is 24.7. The minimum atomic E-state index is -1.56. The molecule has 302 valence electrons. The van der Waals surface area contributed by atoms with Gasteiger partial charge in [0.2, 0.25) is 0 Å². The van der Waals surface area contributed by atoms with Gasteiger partial charge in [0, 0.05) is 11.3 Å². The lowest BCUT2D eigenvalue weighted by Crippen LogP contribution is -2.62. The van der Waals surface area contributed by atoms with Crippen molar-refractivity contribution in [2.45, 2.75) is 185 Å². The molecule has 12 unspecified atom stereocenters.